The van der Waals surface area contributed by atoms with Crippen molar-refractivity contribution in [3.8, 4) is 0 Å². The van der Waals surface area contributed by atoms with Gasteiger partial charge in [-0.15, -0.1) is 0 Å². The summed E-state index contributed by atoms with van der Waals surface area (Å²) < 4.78 is 0.399. The zero-order chi connectivity index (χ0) is 13.7. The molecule has 0 aliphatic heterocycles. The molecule has 0 aromatic carbocycles. The Morgan fingerprint density at radius 3 is 2.72 bits per heavy atom. The van der Waals surface area contributed by atoms with Gasteiger partial charge in [0.1, 0.15) is 10.6 Å². The van der Waals surface area contributed by atoms with Crippen LogP contribution in [0.5, 0.6) is 0 Å². The first kappa shape index (κ1) is 14.6. The van der Waals surface area contributed by atoms with Crippen LogP contribution >= 0.6 is 15.9 Å². The van der Waals surface area contributed by atoms with E-state index in [1.54, 1.807) is 25.3 Å². The molecule has 0 saturated carbocycles. The van der Waals surface area contributed by atoms with E-state index in [9.17, 15) is 9.59 Å². The van der Waals surface area contributed by atoms with E-state index in [1.807, 2.05) is 6.92 Å². The molecule has 1 amide bonds. The van der Waals surface area contributed by atoms with Gasteiger partial charge in [0.2, 0.25) is 0 Å². The first-order valence-electron chi connectivity index (χ1n) is 5.61. The number of carboxylic acids is 1. The van der Waals surface area contributed by atoms with Gasteiger partial charge < -0.3 is 10.4 Å². The smallest absolute Gasteiger partial charge is 0.326 e. The van der Waals surface area contributed by atoms with Gasteiger partial charge in [-0.25, -0.2) is 9.78 Å². The van der Waals surface area contributed by atoms with Gasteiger partial charge in [0.25, 0.3) is 5.91 Å². The SMILES string of the molecule is CCC(C)C(NC(=O)c1cccnc1Br)C(=O)O. The number of hydrogen-bond donors (Lipinski definition) is 2. The van der Waals surface area contributed by atoms with E-state index in [0.717, 1.165) is 0 Å². The zero-order valence-corrected chi connectivity index (χ0v) is 11.8. The Bertz CT molecular complexity index is 451. The summed E-state index contributed by atoms with van der Waals surface area (Å²) in [6, 6.07) is 2.32. The average molecular weight is 315 g/mol. The van der Waals surface area contributed by atoms with Gasteiger partial charge in [-0.3, -0.25) is 4.79 Å². The van der Waals surface area contributed by atoms with Gasteiger partial charge in [-0.1, -0.05) is 20.3 Å². The molecule has 98 valence electrons. The second-order valence-electron chi connectivity index (χ2n) is 4.02. The standard InChI is InChI=1S/C12H15BrN2O3/c1-3-7(2)9(12(17)18)15-11(16)8-5-4-6-14-10(8)13/h4-7,9H,3H2,1-2H3,(H,15,16)(H,17,18). The average Bonchev–Trinajstić information content (AvgIpc) is 2.35. The lowest BCUT2D eigenvalue weighted by Crippen LogP contribution is -2.45. The number of aromatic nitrogens is 1. The van der Waals surface area contributed by atoms with Crippen molar-refractivity contribution in [2.45, 2.75) is 26.3 Å². The number of pyridine rings is 1. The summed E-state index contributed by atoms with van der Waals surface area (Å²) in [5.41, 5.74) is 0.326. The maximum Gasteiger partial charge on any atom is 0.326 e. The number of nitrogens with zero attached hydrogens (tertiary/aromatic N) is 1. The van der Waals surface area contributed by atoms with Crippen LogP contribution in [0.3, 0.4) is 0 Å². The molecule has 6 heteroatoms. The molecule has 0 fully saturated rings. The summed E-state index contributed by atoms with van der Waals surface area (Å²) in [5, 5.41) is 11.6. The molecule has 1 heterocycles. The van der Waals surface area contributed by atoms with E-state index in [4.69, 9.17) is 5.11 Å². The summed E-state index contributed by atoms with van der Waals surface area (Å²) >= 11 is 3.16. The predicted molar refractivity (Wildman–Crippen MR) is 70.3 cm³/mol. The van der Waals surface area contributed by atoms with Crippen LogP contribution in [0.15, 0.2) is 22.9 Å². The third-order valence-corrected chi connectivity index (χ3v) is 3.40. The van der Waals surface area contributed by atoms with Crippen molar-refractivity contribution in [3.05, 3.63) is 28.5 Å². The van der Waals surface area contributed by atoms with E-state index in [0.29, 0.717) is 16.6 Å². The second-order valence-corrected chi connectivity index (χ2v) is 4.77. The summed E-state index contributed by atoms with van der Waals surface area (Å²) in [6.45, 7) is 3.67. The van der Waals surface area contributed by atoms with Gasteiger partial charge in [0.05, 0.1) is 5.56 Å². The molecule has 2 unspecified atom stereocenters. The zero-order valence-electron chi connectivity index (χ0n) is 10.2. The summed E-state index contributed by atoms with van der Waals surface area (Å²) in [7, 11) is 0. The molecule has 2 N–H and O–H groups in total. The predicted octanol–water partition coefficient (Wildman–Crippen LogP) is 2.07. The van der Waals surface area contributed by atoms with E-state index in [2.05, 4.69) is 26.2 Å². The third kappa shape index (κ3) is 3.53. The minimum Gasteiger partial charge on any atom is -0.480 e. The van der Waals surface area contributed by atoms with E-state index >= 15 is 0 Å². The van der Waals surface area contributed by atoms with Crippen LogP contribution in [0.25, 0.3) is 0 Å². The van der Waals surface area contributed by atoms with Crippen molar-refractivity contribution >= 4 is 27.8 Å². The van der Waals surface area contributed by atoms with Crippen molar-refractivity contribution in [3.63, 3.8) is 0 Å². The third-order valence-electron chi connectivity index (χ3n) is 2.77. The highest BCUT2D eigenvalue weighted by Gasteiger charge is 2.26. The summed E-state index contributed by atoms with van der Waals surface area (Å²) in [6.07, 6.45) is 2.22. The maximum absolute atomic E-state index is 12.0. The van der Waals surface area contributed by atoms with E-state index < -0.39 is 17.9 Å². The maximum atomic E-state index is 12.0. The molecule has 2 atom stereocenters. The van der Waals surface area contributed by atoms with Gasteiger partial charge in [0.15, 0.2) is 0 Å². The number of nitrogens with one attached hydrogen (secondary N) is 1. The van der Waals surface area contributed by atoms with Crippen LogP contribution < -0.4 is 5.32 Å². The first-order chi connectivity index (χ1) is 8.47. The fraction of sp³-hybridized carbons (Fsp3) is 0.417. The van der Waals surface area contributed by atoms with Crippen LogP contribution in [0.1, 0.15) is 30.6 Å². The molecule has 18 heavy (non-hydrogen) atoms. The Labute approximate surface area is 114 Å². The summed E-state index contributed by atoms with van der Waals surface area (Å²) in [4.78, 5) is 27.0. The summed E-state index contributed by atoms with van der Waals surface area (Å²) in [5.74, 6) is -1.61. The van der Waals surface area contributed by atoms with Crippen LogP contribution in [0.2, 0.25) is 0 Å². The molecule has 0 radical (unpaired) electrons. The Hall–Kier alpha value is -1.43. The lowest BCUT2D eigenvalue weighted by atomic mass is 9.99. The molecule has 1 aromatic rings. The topological polar surface area (TPSA) is 79.3 Å². The van der Waals surface area contributed by atoms with Crippen LogP contribution in [0.4, 0.5) is 0 Å². The minimum absolute atomic E-state index is 0.137. The second kappa shape index (κ2) is 6.49. The van der Waals surface area contributed by atoms with Gasteiger partial charge in [0, 0.05) is 6.20 Å². The van der Waals surface area contributed by atoms with Crippen LogP contribution in [0, 0.1) is 5.92 Å². The molecule has 0 aliphatic rings. The number of hydrogen-bond acceptors (Lipinski definition) is 3. The Morgan fingerprint density at radius 1 is 1.56 bits per heavy atom. The molecule has 0 saturated heterocycles. The minimum atomic E-state index is -1.03. The number of carbonyl (C=O) groups is 2. The fourth-order valence-electron chi connectivity index (χ4n) is 1.46. The largest absolute Gasteiger partial charge is 0.480 e. The Balaban J connectivity index is 2.86. The molecular weight excluding hydrogens is 300 g/mol. The van der Waals surface area contributed by atoms with Gasteiger partial charge >= 0.3 is 5.97 Å². The molecule has 1 rings (SSSR count). The van der Waals surface area contributed by atoms with Gasteiger partial charge in [-0.2, -0.15) is 0 Å². The first-order valence-corrected chi connectivity index (χ1v) is 6.40. The molecule has 0 bridgehead atoms. The Morgan fingerprint density at radius 2 is 2.22 bits per heavy atom. The number of aliphatic carboxylic acids is 1. The normalized spacial score (nSPS) is 13.7. The van der Waals surface area contributed by atoms with Crippen LogP contribution in [-0.4, -0.2) is 28.0 Å². The number of carbonyl (C=O) groups excluding carboxylic acids is 1. The van der Waals surface area contributed by atoms with E-state index in [1.165, 1.54) is 0 Å². The highest BCUT2D eigenvalue weighted by atomic mass is 79.9. The quantitative estimate of drug-likeness (QED) is 0.815. The fourth-order valence-corrected chi connectivity index (χ4v) is 1.89. The highest BCUT2D eigenvalue weighted by Crippen LogP contribution is 2.14. The number of rotatable bonds is 5. The monoisotopic (exact) mass is 314 g/mol. The molecule has 0 aliphatic carbocycles. The molecule has 0 spiro atoms. The van der Waals surface area contributed by atoms with Crippen molar-refractivity contribution in [1.82, 2.24) is 10.3 Å². The number of amides is 1. The van der Waals surface area contributed by atoms with Crippen molar-refractivity contribution < 1.29 is 14.7 Å². The van der Waals surface area contributed by atoms with Crippen LogP contribution in [-0.2, 0) is 4.79 Å². The molecule has 1 aromatic heterocycles. The molecule has 5 nitrogen and oxygen atoms in total. The van der Waals surface area contributed by atoms with Crippen molar-refractivity contribution in [2.24, 2.45) is 5.92 Å². The number of halogens is 1. The molecular formula is C12H15BrN2O3. The van der Waals surface area contributed by atoms with Gasteiger partial charge in [-0.05, 0) is 34.0 Å². The lowest BCUT2D eigenvalue weighted by Gasteiger charge is -2.20. The number of carboxylic acid groups (broad SMARTS) is 1. The van der Waals surface area contributed by atoms with Crippen molar-refractivity contribution in [1.29, 1.82) is 0 Å². The lowest BCUT2D eigenvalue weighted by molar-refractivity contribution is -0.140. The van der Waals surface area contributed by atoms with Crippen molar-refractivity contribution in [2.75, 3.05) is 0 Å². The highest BCUT2D eigenvalue weighted by molar-refractivity contribution is 9.10. The van der Waals surface area contributed by atoms with E-state index in [-0.39, 0.29) is 5.92 Å². The Kier molecular flexibility index (Phi) is 5.27.